The van der Waals surface area contributed by atoms with E-state index >= 15 is 0 Å². The largest absolute Gasteiger partial charge is 0.372 e. The van der Waals surface area contributed by atoms with E-state index in [4.69, 9.17) is 0 Å². The third-order valence-electron chi connectivity index (χ3n) is 2.49. The highest BCUT2D eigenvalue weighted by Crippen LogP contribution is 2.16. The number of aromatic nitrogens is 1. The molecule has 0 radical (unpaired) electrons. The molecular weight excluding hydrogens is 186 g/mol. The molecule has 0 fully saturated rings. The van der Waals surface area contributed by atoms with Crippen molar-refractivity contribution in [2.45, 2.75) is 13.8 Å². The van der Waals surface area contributed by atoms with Gasteiger partial charge in [0.05, 0.1) is 11.4 Å². The van der Waals surface area contributed by atoms with Crippen LogP contribution < -0.4 is 4.90 Å². The van der Waals surface area contributed by atoms with Gasteiger partial charge in [-0.3, -0.25) is 4.98 Å². The van der Waals surface area contributed by atoms with Crippen LogP contribution in [0.15, 0.2) is 12.1 Å². The zero-order valence-electron chi connectivity index (χ0n) is 10.4. The fourth-order valence-corrected chi connectivity index (χ4v) is 1.55. The molecule has 15 heavy (non-hydrogen) atoms. The van der Waals surface area contributed by atoms with E-state index in [1.807, 2.05) is 6.92 Å². The number of hydrogen-bond donors (Lipinski definition) is 0. The van der Waals surface area contributed by atoms with Gasteiger partial charge in [0.15, 0.2) is 0 Å². The highest BCUT2D eigenvalue weighted by Gasteiger charge is 2.05. The molecule has 0 N–H and O–H groups in total. The van der Waals surface area contributed by atoms with Gasteiger partial charge < -0.3 is 9.80 Å². The lowest BCUT2D eigenvalue weighted by Gasteiger charge is -2.22. The van der Waals surface area contributed by atoms with E-state index in [2.05, 4.69) is 55.0 Å². The van der Waals surface area contributed by atoms with Gasteiger partial charge in [0.25, 0.3) is 0 Å². The fraction of sp³-hybridized carbons (Fsp3) is 0.583. The smallest absolute Gasteiger partial charge is 0.0608 e. The van der Waals surface area contributed by atoms with Crippen molar-refractivity contribution in [2.24, 2.45) is 0 Å². The minimum absolute atomic E-state index is 1.03. The Hall–Kier alpha value is -1.09. The minimum atomic E-state index is 1.03. The van der Waals surface area contributed by atoms with Crippen molar-refractivity contribution in [3.63, 3.8) is 0 Å². The summed E-state index contributed by atoms with van der Waals surface area (Å²) in [5.74, 6) is 0. The van der Waals surface area contributed by atoms with Crippen molar-refractivity contribution in [3.05, 3.63) is 23.5 Å². The standard InChI is InChI=1S/C12H21N3/c1-10-6-7-12(11(2)13-10)15(5)9-8-14(3)4/h6-7H,8-9H2,1-5H3. The normalized spacial score (nSPS) is 10.8. The molecule has 0 amide bonds. The van der Waals surface area contributed by atoms with E-state index in [1.54, 1.807) is 0 Å². The maximum Gasteiger partial charge on any atom is 0.0608 e. The molecule has 0 saturated carbocycles. The van der Waals surface area contributed by atoms with E-state index in [0.29, 0.717) is 0 Å². The molecule has 1 aromatic heterocycles. The van der Waals surface area contributed by atoms with Gasteiger partial charge in [-0.15, -0.1) is 0 Å². The SMILES string of the molecule is Cc1ccc(N(C)CCN(C)C)c(C)n1. The van der Waals surface area contributed by atoms with E-state index < -0.39 is 0 Å². The maximum atomic E-state index is 4.47. The van der Waals surface area contributed by atoms with Crippen LogP contribution >= 0.6 is 0 Å². The summed E-state index contributed by atoms with van der Waals surface area (Å²) in [7, 11) is 6.30. The van der Waals surface area contributed by atoms with E-state index in [9.17, 15) is 0 Å². The van der Waals surface area contributed by atoms with Crippen LogP contribution in [0.2, 0.25) is 0 Å². The van der Waals surface area contributed by atoms with Crippen LogP contribution in [0, 0.1) is 13.8 Å². The predicted octanol–water partition coefficient (Wildman–Crippen LogP) is 1.70. The van der Waals surface area contributed by atoms with Gasteiger partial charge in [-0.1, -0.05) is 0 Å². The Morgan fingerprint density at radius 2 is 1.73 bits per heavy atom. The van der Waals surface area contributed by atoms with Crippen LogP contribution in [0.5, 0.6) is 0 Å². The molecule has 0 spiro atoms. The zero-order chi connectivity index (χ0) is 11.4. The summed E-state index contributed by atoms with van der Waals surface area (Å²) in [6, 6.07) is 4.21. The summed E-state index contributed by atoms with van der Waals surface area (Å²) in [5, 5.41) is 0. The molecule has 1 rings (SSSR count). The molecule has 0 saturated heterocycles. The maximum absolute atomic E-state index is 4.47. The van der Waals surface area contributed by atoms with Gasteiger partial charge in [0.2, 0.25) is 0 Å². The Labute approximate surface area is 92.7 Å². The molecule has 0 aliphatic rings. The molecule has 3 heteroatoms. The second-order valence-electron chi connectivity index (χ2n) is 4.28. The van der Waals surface area contributed by atoms with E-state index in [1.165, 1.54) is 5.69 Å². The molecule has 0 aromatic carbocycles. The summed E-state index contributed by atoms with van der Waals surface area (Å²) in [4.78, 5) is 8.91. The third kappa shape index (κ3) is 3.51. The van der Waals surface area contributed by atoms with Crippen molar-refractivity contribution in [1.29, 1.82) is 0 Å². The molecule has 0 atom stereocenters. The van der Waals surface area contributed by atoms with Crippen molar-refractivity contribution < 1.29 is 0 Å². The third-order valence-corrected chi connectivity index (χ3v) is 2.49. The van der Waals surface area contributed by atoms with Gasteiger partial charge in [-0.2, -0.15) is 0 Å². The Balaban J connectivity index is 2.69. The minimum Gasteiger partial charge on any atom is -0.372 e. The van der Waals surface area contributed by atoms with Crippen molar-refractivity contribution in [2.75, 3.05) is 39.1 Å². The zero-order valence-corrected chi connectivity index (χ0v) is 10.4. The van der Waals surface area contributed by atoms with Crippen molar-refractivity contribution in [3.8, 4) is 0 Å². The first-order valence-corrected chi connectivity index (χ1v) is 5.31. The Kier molecular flexibility index (Phi) is 4.09. The molecule has 0 aliphatic carbocycles. The van der Waals surface area contributed by atoms with Crippen LogP contribution in [-0.2, 0) is 0 Å². The number of pyridine rings is 1. The van der Waals surface area contributed by atoms with Crippen LogP contribution in [0.3, 0.4) is 0 Å². The second kappa shape index (κ2) is 5.12. The first kappa shape index (κ1) is 12.0. The summed E-state index contributed by atoms with van der Waals surface area (Å²) < 4.78 is 0. The van der Waals surface area contributed by atoms with E-state index in [-0.39, 0.29) is 0 Å². The summed E-state index contributed by atoms with van der Waals surface area (Å²) in [6.45, 7) is 6.17. The van der Waals surface area contributed by atoms with Gasteiger partial charge in [-0.25, -0.2) is 0 Å². The average molecular weight is 207 g/mol. The van der Waals surface area contributed by atoms with Crippen LogP contribution in [0.4, 0.5) is 5.69 Å². The first-order chi connectivity index (χ1) is 7.00. The van der Waals surface area contributed by atoms with Crippen LogP contribution in [0.1, 0.15) is 11.4 Å². The van der Waals surface area contributed by atoms with Crippen LogP contribution in [0.25, 0.3) is 0 Å². The van der Waals surface area contributed by atoms with Gasteiger partial charge in [0.1, 0.15) is 0 Å². The average Bonchev–Trinajstić information content (AvgIpc) is 2.14. The fourth-order valence-electron chi connectivity index (χ4n) is 1.55. The van der Waals surface area contributed by atoms with E-state index in [0.717, 1.165) is 24.5 Å². The topological polar surface area (TPSA) is 19.4 Å². The van der Waals surface area contributed by atoms with Crippen molar-refractivity contribution >= 4 is 5.69 Å². The number of aryl methyl sites for hydroxylation is 2. The monoisotopic (exact) mass is 207 g/mol. The number of rotatable bonds is 4. The lowest BCUT2D eigenvalue weighted by atomic mass is 10.2. The molecular formula is C12H21N3. The number of anilines is 1. The molecule has 1 aromatic rings. The summed E-state index contributed by atoms with van der Waals surface area (Å²) in [5.41, 5.74) is 3.41. The molecule has 0 bridgehead atoms. The second-order valence-corrected chi connectivity index (χ2v) is 4.28. The number of likely N-dealkylation sites (N-methyl/N-ethyl adjacent to an activating group) is 2. The highest BCUT2D eigenvalue weighted by atomic mass is 15.2. The summed E-state index contributed by atoms with van der Waals surface area (Å²) >= 11 is 0. The molecule has 1 heterocycles. The highest BCUT2D eigenvalue weighted by molar-refractivity contribution is 5.49. The molecule has 0 aliphatic heterocycles. The quantitative estimate of drug-likeness (QED) is 0.749. The Morgan fingerprint density at radius 3 is 2.27 bits per heavy atom. The van der Waals surface area contributed by atoms with Gasteiger partial charge in [-0.05, 0) is 40.1 Å². The molecule has 84 valence electrons. The predicted molar refractivity (Wildman–Crippen MR) is 65.5 cm³/mol. The van der Waals surface area contributed by atoms with Gasteiger partial charge in [0, 0.05) is 25.8 Å². The Bertz CT molecular complexity index is 321. The van der Waals surface area contributed by atoms with Crippen LogP contribution in [-0.4, -0.2) is 44.1 Å². The Morgan fingerprint density at radius 1 is 1.07 bits per heavy atom. The number of nitrogens with zero attached hydrogens (tertiary/aromatic N) is 3. The van der Waals surface area contributed by atoms with Gasteiger partial charge >= 0.3 is 0 Å². The first-order valence-electron chi connectivity index (χ1n) is 5.31. The lowest BCUT2D eigenvalue weighted by Crippen LogP contribution is -2.29. The molecule has 3 nitrogen and oxygen atoms in total. The lowest BCUT2D eigenvalue weighted by molar-refractivity contribution is 0.416. The van der Waals surface area contributed by atoms with Crippen molar-refractivity contribution in [1.82, 2.24) is 9.88 Å². The number of hydrogen-bond acceptors (Lipinski definition) is 3. The molecule has 0 unspecified atom stereocenters. The summed E-state index contributed by atoms with van der Waals surface area (Å²) in [6.07, 6.45) is 0.